The Morgan fingerprint density at radius 3 is 2.44 bits per heavy atom. The highest BCUT2D eigenvalue weighted by molar-refractivity contribution is 6.31. The highest BCUT2D eigenvalue weighted by atomic mass is 35.5. The van der Waals surface area contributed by atoms with Gasteiger partial charge in [-0.05, 0) is 44.0 Å². The summed E-state index contributed by atoms with van der Waals surface area (Å²) >= 11 is 6.22. The van der Waals surface area contributed by atoms with Gasteiger partial charge in [0, 0.05) is 55.3 Å². The van der Waals surface area contributed by atoms with Crippen LogP contribution in [0, 0.1) is 17.6 Å². The molecule has 1 aliphatic heterocycles. The molecule has 0 bridgehead atoms. The van der Waals surface area contributed by atoms with Crippen LogP contribution in [-0.2, 0) is 11.3 Å². The molecule has 224 valence electrons. The van der Waals surface area contributed by atoms with Crippen LogP contribution < -0.4 is 15.5 Å². The summed E-state index contributed by atoms with van der Waals surface area (Å²) in [5.41, 5.74) is 0.263. The number of anilines is 2. The van der Waals surface area contributed by atoms with Crippen molar-refractivity contribution >= 4 is 34.8 Å². The number of halogens is 6. The SMILES string of the molecule is CC1CN(CCC(F)(F)F)CCN1c1cc(Cl)ccc1NC(=O)c1ccc(CNC(=O)C2CCCCC2)c(F)c1F. The van der Waals surface area contributed by atoms with Gasteiger partial charge in [0.15, 0.2) is 11.6 Å². The molecule has 0 spiro atoms. The Labute approximate surface area is 241 Å². The summed E-state index contributed by atoms with van der Waals surface area (Å²) in [7, 11) is 0. The van der Waals surface area contributed by atoms with Crippen LogP contribution >= 0.6 is 11.6 Å². The summed E-state index contributed by atoms with van der Waals surface area (Å²) in [6.45, 7) is 2.69. The topological polar surface area (TPSA) is 64.7 Å². The van der Waals surface area contributed by atoms with Gasteiger partial charge in [0.2, 0.25) is 5.91 Å². The lowest BCUT2D eigenvalue weighted by molar-refractivity contribution is -0.138. The second-order valence-corrected chi connectivity index (χ2v) is 11.2. The van der Waals surface area contributed by atoms with Crippen LogP contribution in [0.5, 0.6) is 0 Å². The van der Waals surface area contributed by atoms with Gasteiger partial charge in [-0.3, -0.25) is 14.5 Å². The van der Waals surface area contributed by atoms with Crippen molar-refractivity contribution in [2.75, 3.05) is 36.4 Å². The Hall–Kier alpha value is -2.92. The third-order valence-corrected chi connectivity index (χ3v) is 8.01. The quantitative estimate of drug-likeness (QED) is 0.338. The predicted molar refractivity (Wildman–Crippen MR) is 148 cm³/mol. The summed E-state index contributed by atoms with van der Waals surface area (Å²) in [6, 6.07) is 6.95. The first-order valence-corrected chi connectivity index (χ1v) is 14.2. The highest BCUT2D eigenvalue weighted by Gasteiger charge is 2.31. The van der Waals surface area contributed by atoms with Crippen molar-refractivity contribution in [2.45, 2.75) is 64.2 Å². The number of hydrogen-bond donors (Lipinski definition) is 2. The van der Waals surface area contributed by atoms with E-state index in [1.165, 1.54) is 12.1 Å². The maximum atomic E-state index is 15.0. The number of piperazine rings is 1. The van der Waals surface area contributed by atoms with Gasteiger partial charge < -0.3 is 15.5 Å². The van der Waals surface area contributed by atoms with Crippen LogP contribution in [0.4, 0.5) is 33.3 Å². The summed E-state index contributed by atoms with van der Waals surface area (Å²) in [5, 5.41) is 5.68. The molecule has 1 unspecified atom stereocenters. The van der Waals surface area contributed by atoms with Gasteiger partial charge in [-0.2, -0.15) is 13.2 Å². The number of benzene rings is 2. The van der Waals surface area contributed by atoms with E-state index in [2.05, 4.69) is 10.6 Å². The molecule has 4 rings (SSSR count). The molecular weight excluding hydrogens is 567 g/mol. The molecule has 2 aliphatic rings. The smallest absolute Gasteiger partial charge is 0.365 e. The van der Waals surface area contributed by atoms with Crippen LogP contribution in [0.25, 0.3) is 0 Å². The van der Waals surface area contributed by atoms with Crippen molar-refractivity contribution in [1.82, 2.24) is 10.2 Å². The zero-order valence-electron chi connectivity index (χ0n) is 22.8. The molecule has 41 heavy (non-hydrogen) atoms. The van der Waals surface area contributed by atoms with E-state index in [0.29, 0.717) is 36.0 Å². The van der Waals surface area contributed by atoms with Crippen molar-refractivity contribution in [3.8, 4) is 0 Å². The number of hydrogen-bond acceptors (Lipinski definition) is 4. The van der Waals surface area contributed by atoms with Crippen molar-refractivity contribution in [1.29, 1.82) is 0 Å². The second-order valence-electron chi connectivity index (χ2n) is 10.8. The minimum Gasteiger partial charge on any atom is -0.365 e. The first-order valence-electron chi connectivity index (χ1n) is 13.8. The number of carbonyl (C=O) groups is 2. The Balaban J connectivity index is 1.43. The fourth-order valence-corrected chi connectivity index (χ4v) is 5.68. The summed E-state index contributed by atoms with van der Waals surface area (Å²) in [5.74, 6) is -3.72. The lowest BCUT2D eigenvalue weighted by Gasteiger charge is -2.42. The molecule has 1 atom stereocenters. The Morgan fingerprint density at radius 1 is 1.02 bits per heavy atom. The molecule has 2 fully saturated rings. The van der Waals surface area contributed by atoms with Crippen molar-refractivity contribution < 1.29 is 31.5 Å². The van der Waals surface area contributed by atoms with E-state index in [1.807, 2.05) is 11.8 Å². The fourth-order valence-electron chi connectivity index (χ4n) is 5.51. The number of alkyl halides is 3. The average Bonchev–Trinajstić information content (AvgIpc) is 2.93. The maximum absolute atomic E-state index is 15.0. The maximum Gasteiger partial charge on any atom is 0.390 e. The molecule has 1 saturated carbocycles. The monoisotopic (exact) mass is 600 g/mol. The molecule has 1 aliphatic carbocycles. The summed E-state index contributed by atoms with van der Waals surface area (Å²) in [4.78, 5) is 29.1. The van der Waals surface area contributed by atoms with E-state index in [1.54, 1.807) is 23.1 Å². The van der Waals surface area contributed by atoms with E-state index in [-0.39, 0.29) is 36.5 Å². The first-order chi connectivity index (χ1) is 19.4. The molecule has 6 nitrogen and oxygen atoms in total. The van der Waals surface area contributed by atoms with Crippen LogP contribution in [-0.4, -0.2) is 55.1 Å². The number of nitrogens with one attached hydrogen (secondary N) is 2. The lowest BCUT2D eigenvalue weighted by atomic mass is 9.88. The molecule has 1 saturated heterocycles. The van der Waals surface area contributed by atoms with E-state index in [9.17, 15) is 27.2 Å². The molecule has 2 amide bonds. The van der Waals surface area contributed by atoms with Gasteiger partial charge in [-0.1, -0.05) is 36.9 Å². The summed E-state index contributed by atoms with van der Waals surface area (Å²) < 4.78 is 67.9. The largest absolute Gasteiger partial charge is 0.390 e. The van der Waals surface area contributed by atoms with E-state index in [4.69, 9.17) is 11.6 Å². The van der Waals surface area contributed by atoms with Crippen LogP contribution in [0.3, 0.4) is 0 Å². The first kappa shape index (κ1) is 31.0. The molecule has 1 heterocycles. The molecule has 2 aromatic carbocycles. The molecule has 12 heteroatoms. The van der Waals surface area contributed by atoms with Crippen molar-refractivity contribution in [2.24, 2.45) is 5.92 Å². The van der Waals surface area contributed by atoms with E-state index >= 15 is 4.39 Å². The zero-order valence-corrected chi connectivity index (χ0v) is 23.6. The standard InChI is InChI=1S/C29H34ClF5N4O2/c1-18-17-38(12-11-29(33,34)35)13-14-39(18)24-15-21(30)8-10-23(24)37-28(41)22-9-7-20(25(31)26(22)32)16-36-27(40)19-5-3-2-4-6-19/h7-10,15,18-19H,2-6,11-14,16-17H2,1H3,(H,36,40)(H,37,41). The van der Waals surface area contributed by atoms with Gasteiger partial charge in [-0.15, -0.1) is 0 Å². The zero-order chi connectivity index (χ0) is 29.7. The van der Waals surface area contributed by atoms with Crippen LogP contribution in [0.1, 0.15) is 61.4 Å². The van der Waals surface area contributed by atoms with Gasteiger partial charge in [0.1, 0.15) is 0 Å². The molecule has 0 aromatic heterocycles. The predicted octanol–water partition coefficient (Wildman–Crippen LogP) is 6.53. The average molecular weight is 601 g/mol. The van der Waals surface area contributed by atoms with Crippen LogP contribution in [0.15, 0.2) is 30.3 Å². The minimum absolute atomic E-state index is 0.0624. The molecule has 2 N–H and O–H groups in total. The second kappa shape index (κ2) is 13.4. The lowest BCUT2D eigenvalue weighted by Crippen LogP contribution is -2.52. The highest BCUT2D eigenvalue weighted by Crippen LogP contribution is 2.33. The van der Waals surface area contributed by atoms with Gasteiger partial charge in [-0.25, -0.2) is 8.78 Å². The molecule has 0 radical (unpaired) electrons. The van der Waals surface area contributed by atoms with Gasteiger partial charge in [0.05, 0.1) is 23.4 Å². The number of carbonyl (C=O) groups excluding carboxylic acids is 2. The third-order valence-electron chi connectivity index (χ3n) is 7.78. The van der Waals surface area contributed by atoms with Crippen LogP contribution in [0.2, 0.25) is 5.02 Å². The Bertz CT molecular complexity index is 1250. The minimum atomic E-state index is -4.24. The summed E-state index contributed by atoms with van der Waals surface area (Å²) in [6.07, 6.45) is -0.547. The Morgan fingerprint density at radius 2 is 1.76 bits per heavy atom. The normalized spacial score (nSPS) is 18.8. The number of nitrogens with zero attached hydrogens (tertiary/aromatic N) is 2. The van der Waals surface area contributed by atoms with Gasteiger partial charge in [0.25, 0.3) is 5.91 Å². The molecular formula is C29H34ClF5N4O2. The number of rotatable bonds is 8. The van der Waals surface area contributed by atoms with Crippen molar-refractivity contribution in [3.63, 3.8) is 0 Å². The van der Waals surface area contributed by atoms with E-state index < -0.39 is 35.7 Å². The molecule has 2 aromatic rings. The fraction of sp³-hybridized carbons (Fsp3) is 0.517. The van der Waals surface area contributed by atoms with Crippen molar-refractivity contribution in [3.05, 3.63) is 58.1 Å². The third kappa shape index (κ3) is 8.09. The van der Waals surface area contributed by atoms with Gasteiger partial charge >= 0.3 is 6.18 Å². The number of amides is 2. The van der Waals surface area contributed by atoms with E-state index in [0.717, 1.165) is 32.1 Å². The Kier molecular flexibility index (Phi) is 10.1.